The maximum atomic E-state index is 2.86. The molecule has 5 heavy (non-hydrogen) atoms. The third kappa shape index (κ3) is 3.98. The topological polar surface area (TPSA) is 24.1 Å². The number of nitrogens with one attached hydrogen (secondary N) is 2. The van der Waals surface area contributed by atoms with Crippen molar-refractivity contribution in [1.82, 2.24) is 10.9 Å². The van der Waals surface area contributed by atoms with Gasteiger partial charge >= 0.3 is 0 Å². The second kappa shape index (κ2) is 3.98. The van der Waals surface area contributed by atoms with Crippen LogP contribution in [-0.2, 0) is 0 Å². The summed E-state index contributed by atoms with van der Waals surface area (Å²) in [6.45, 7) is 0. The lowest BCUT2D eigenvalue weighted by Gasteiger charge is -1.89. The lowest BCUT2D eigenvalue weighted by molar-refractivity contribution is 0.669. The molecule has 0 bridgehead atoms. The van der Waals surface area contributed by atoms with Crippen molar-refractivity contribution in [3.8, 4) is 0 Å². The highest BCUT2D eigenvalue weighted by molar-refractivity contribution is 6.08. The van der Waals surface area contributed by atoms with Gasteiger partial charge in [0.1, 0.15) is 7.85 Å². The van der Waals surface area contributed by atoms with E-state index in [0.29, 0.717) is 0 Å². The van der Waals surface area contributed by atoms with Crippen LogP contribution in [0.5, 0.6) is 0 Å². The third-order valence-corrected chi connectivity index (χ3v) is 0.354. The zero-order chi connectivity index (χ0) is 4.12. The Labute approximate surface area is 33.3 Å². The fourth-order valence-corrected chi connectivity index (χ4v) is 0.177. The monoisotopic (exact) mass is 72.1 g/mol. The van der Waals surface area contributed by atoms with Crippen LogP contribution >= 0.6 is 0 Å². The zero-order valence-electron chi connectivity index (χ0n) is 3.71. The van der Waals surface area contributed by atoms with Gasteiger partial charge in [-0.25, -0.2) is 0 Å². The van der Waals surface area contributed by atoms with Crippen LogP contribution in [0.25, 0.3) is 0 Å². The predicted molar refractivity (Wildman–Crippen MR) is 25.6 cm³/mol. The first kappa shape index (κ1) is 4.98. The number of hydrazine groups is 1. The van der Waals surface area contributed by atoms with Gasteiger partial charge in [-0.3, -0.25) is 10.9 Å². The molecule has 0 radical (unpaired) electrons. The molecule has 0 saturated carbocycles. The van der Waals surface area contributed by atoms with Gasteiger partial charge in [0.25, 0.3) is 0 Å². The van der Waals surface area contributed by atoms with Gasteiger partial charge in [0.2, 0.25) is 0 Å². The second-order valence-electron chi connectivity index (χ2n) is 0.780. The molecule has 2 nitrogen and oxygen atoms in total. The molecule has 0 aliphatic heterocycles. The SMILES string of the molecule is BCNNC. The summed E-state index contributed by atoms with van der Waals surface area (Å²) in [6, 6.07) is 0. The highest BCUT2D eigenvalue weighted by Crippen LogP contribution is 1.26. The lowest BCUT2D eigenvalue weighted by atomic mass is 10.2. The quantitative estimate of drug-likeness (QED) is 0.300. The first-order chi connectivity index (χ1) is 2.41. The van der Waals surface area contributed by atoms with Crippen molar-refractivity contribution in [3.63, 3.8) is 0 Å². The van der Waals surface area contributed by atoms with Gasteiger partial charge in [0.05, 0.1) is 0 Å². The number of rotatable bonds is 2. The van der Waals surface area contributed by atoms with E-state index in [9.17, 15) is 0 Å². The van der Waals surface area contributed by atoms with Crippen LogP contribution in [-0.4, -0.2) is 21.3 Å². The van der Waals surface area contributed by atoms with Crippen molar-refractivity contribution < 1.29 is 0 Å². The molecular formula is C2H9BN2. The summed E-state index contributed by atoms with van der Waals surface area (Å²) >= 11 is 0. The van der Waals surface area contributed by atoms with Gasteiger partial charge in [0, 0.05) is 0 Å². The smallest absolute Gasteiger partial charge is 0.121 e. The highest BCUT2D eigenvalue weighted by Gasteiger charge is 1.60. The van der Waals surface area contributed by atoms with Crippen molar-refractivity contribution in [1.29, 1.82) is 0 Å². The van der Waals surface area contributed by atoms with Crippen molar-refractivity contribution >= 4 is 7.85 Å². The Kier molecular flexibility index (Phi) is 3.97. The molecule has 0 atom stereocenters. The first-order valence-corrected chi connectivity index (χ1v) is 1.81. The number of hydrogen-bond acceptors (Lipinski definition) is 2. The summed E-state index contributed by atoms with van der Waals surface area (Å²) in [7, 11) is 3.89. The second-order valence-corrected chi connectivity index (χ2v) is 0.780. The van der Waals surface area contributed by atoms with Crippen LogP contribution in [0, 0.1) is 0 Å². The van der Waals surface area contributed by atoms with Crippen molar-refractivity contribution in [2.75, 3.05) is 13.5 Å². The average molecular weight is 71.9 g/mol. The Morgan fingerprint density at radius 3 is 2.40 bits per heavy atom. The summed E-state index contributed by atoms with van der Waals surface area (Å²) < 4.78 is 0. The molecule has 0 aromatic carbocycles. The van der Waals surface area contributed by atoms with Gasteiger partial charge in [0.15, 0.2) is 0 Å². The Bertz CT molecular complexity index is 15.1. The van der Waals surface area contributed by atoms with Gasteiger partial charge in [-0.1, -0.05) is 0 Å². The molecule has 0 unspecified atom stereocenters. The molecule has 0 fully saturated rings. The van der Waals surface area contributed by atoms with Crippen molar-refractivity contribution in [2.24, 2.45) is 0 Å². The van der Waals surface area contributed by atoms with E-state index in [1.165, 1.54) is 0 Å². The summed E-state index contributed by atoms with van der Waals surface area (Å²) in [5.74, 6) is 0. The van der Waals surface area contributed by atoms with Crippen LogP contribution in [0.15, 0.2) is 0 Å². The standard InChI is InChI=1S/C2H9BN2/c1-4-5-2-3/h4-5H,2-3H2,1H3. The molecule has 3 heteroatoms. The highest BCUT2D eigenvalue weighted by atomic mass is 15.3. The van der Waals surface area contributed by atoms with Crippen LogP contribution < -0.4 is 10.9 Å². The van der Waals surface area contributed by atoms with Crippen molar-refractivity contribution in [2.45, 2.75) is 0 Å². The van der Waals surface area contributed by atoms with Crippen LogP contribution in [0.3, 0.4) is 0 Å². The summed E-state index contributed by atoms with van der Waals surface area (Å²) in [6.07, 6.45) is 0.983. The molecule has 0 saturated heterocycles. The molecule has 0 aromatic rings. The fraction of sp³-hybridized carbons (Fsp3) is 1.00. The normalized spacial score (nSPS) is 8.20. The Balaban J connectivity index is 2.19. The van der Waals surface area contributed by atoms with E-state index in [2.05, 4.69) is 10.9 Å². The van der Waals surface area contributed by atoms with E-state index in [1.807, 2.05) is 14.9 Å². The fourth-order valence-electron chi connectivity index (χ4n) is 0.177. The van der Waals surface area contributed by atoms with Crippen LogP contribution in [0.1, 0.15) is 0 Å². The van der Waals surface area contributed by atoms with Crippen LogP contribution in [0.4, 0.5) is 0 Å². The van der Waals surface area contributed by atoms with Crippen LogP contribution in [0.2, 0.25) is 0 Å². The molecule has 30 valence electrons. The average Bonchev–Trinajstić information content (AvgIpc) is 1.41. The van der Waals surface area contributed by atoms with Gasteiger partial charge in [-0.2, -0.15) is 0 Å². The van der Waals surface area contributed by atoms with Gasteiger partial charge in [-0.05, 0) is 13.5 Å². The predicted octanol–water partition coefficient (Wildman–Crippen LogP) is -1.70. The molecule has 0 spiro atoms. The minimum atomic E-state index is 0.983. The van der Waals surface area contributed by atoms with E-state index in [1.54, 1.807) is 0 Å². The Hall–Kier alpha value is -0.0151. The molecule has 0 aliphatic carbocycles. The van der Waals surface area contributed by atoms with Crippen molar-refractivity contribution in [3.05, 3.63) is 0 Å². The molecule has 0 heterocycles. The molecule has 2 N–H and O–H groups in total. The molecular weight excluding hydrogens is 62.8 g/mol. The van der Waals surface area contributed by atoms with E-state index < -0.39 is 0 Å². The third-order valence-electron chi connectivity index (χ3n) is 0.354. The van der Waals surface area contributed by atoms with E-state index >= 15 is 0 Å². The van der Waals surface area contributed by atoms with E-state index in [4.69, 9.17) is 0 Å². The zero-order valence-corrected chi connectivity index (χ0v) is 3.71. The molecule has 0 amide bonds. The van der Waals surface area contributed by atoms with Gasteiger partial charge < -0.3 is 0 Å². The Morgan fingerprint density at radius 1 is 1.80 bits per heavy atom. The maximum Gasteiger partial charge on any atom is 0.121 e. The molecule has 0 aliphatic rings. The minimum absolute atomic E-state index is 0.983. The Morgan fingerprint density at radius 2 is 2.40 bits per heavy atom. The first-order valence-electron chi connectivity index (χ1n) is 1.81. The summed E-state index contributed by atoms with van der Waals surface area (Å²) in [5.41, 5.74) is 5.63. The lowest BCUT2D eigenvalue weighted by Crippen LogP contribution is -2.28. The molecule has 0 rings (SSSR count). The maximum absolute atomic E-state index is 2.86. The largest absolute Gasteiger partial charge is 0.266 e. The van der Waals surface area contributed by atoms with E-state index in [-0.39, 0.29) is 0 Å². The minimum Gasteiger partial charge on any atom is -0.266 e. The molecule has 0 aromatic heterocycles. The summed E-state index contributed by atoms with van der Waals surface area (Å²) in [5, 5.41) is 0. The van der Waals surface area contributed by atoms with E-state index in [0.717, 1.165) is 6.44 Å². The number of hydrogen-bond donors (Lipinski definition) is 2. The van der Waals surface area contributed by atoms with Gasteiger partial charge in [-0.15, -0.1) is 0 Å². The summed E-state index contributed by atoms with van der Waals surface area (Å²) in [4.78, 5) is 0.